The highest BCUT2D eigenvalue weighted by Crippen LogP contribution is 2.46. The third-order valence-corrected chi connectivity index (χ3v) is 27.1. The minimum Gasteiger partial charge on any atom is -0.367 e. The van der Waals surface area contributed by atoms with Gasteiger partial charge in [-0.15, -0.1) is 0 Å². The van der Waals surface area contributed by atoms with Crippen LogP contribution in [0.1, 0.15) is 120 Å². The Morgan fingerprint density at radius 1 is 0.287 bits per heavy atom. The van der Waals surface area contributed by atoms with Gasteiger partial charge in [-0.25, -0.2) is 13.2 Å². The molecule has 12 aromatic rings. The van der Waals surface area contributed by atoms with E-state index in [9.17, 15) is 56.3 Å². The standard InChI is InChI=1S/3C34H30ClFN4O3/c3*35-24-9-11-28(27(36)19-24)39-16-14-38(15-17-39)20-22-6-4-21(5-7-22)18-23-8-10-29-32-25(23)2-1-3-26(32)34(43)40(29)30-12-13-31(41)37-33(30)42/h3*1-11,19,30H,12-18,20H2,(H,37,41,42)/t2*30-;/m10./s1. The molecule has 9 aliphatic rings. The molecule has 9 heterocycles. The van der Waals surface area contributed by atoms with Crippen LogP contribution in [0.25, 0.3) is 32.3 Å². The first kappa shape index (κ1) is 85.6. The fourth-order valence-corrected chi connectivity index (χ4v) is 20.2. The minimum atomic E-state index is -0.694. The van der Waals surface area contributed by atoms with E-state index in [4.69, 9.17) is 34.8 Å². The highest BCUT2D eigenvalue weighted by atomic mass is 35.5. The zero-order valence-electron chi connectivity index (χ0n) is 70.5. The van der Waals surface area contributed by atoms with Crippen molar-refractivity contribution in [1.29, 1.82) is 0 Å². The molecular weight excluding hydrogens is 1700 g/mol. The van der Waals surface area contributed by atoms with E-state index in [1.807, 2.05) is 91.0 Å². The second kappa shape index (κ2) is 36.4. The van der Waals surface area contributed by atoms with Gasteiger partial charge in [0.25, 0.3) is 17.7 Å². The summed E-state index contributed by atoms with van der Waals surface area (Å²) in [6.45, 7) is 12.1. The van der Waals surface area contributed by atoms with Crippen LogP contribution in [0.4, 0.5) is 47.3 Å². The number of piperidine rings is 3. The summed E-state index contributed by atoms with van der Waals surface area (Å²) >= 11 is 17.7. The van der Waals surface area contributed by atoms with Crippen molar-refractivity contribution < 1.29 is 56.3 Å². The van der Waals surface area contributed by atoms with E-state index in [-0.39, 0.29) is 72.2 Å². The zero-order chi connectivity index (χ0) is 89.0. The van der Waals surface area contributed by atoms with E-state index < -0.39 is 35.8 Å². The molecule has 3 atom stereocenters. The van der Waals surface area contributed by atoms with Crippen molar-refractivity contribution in [2.45, 2.75) is 95.5 Å². The van der Waals surface area contributed by atoms with Gasteiger partial charge in [-0.1, -0.05) is 162 Å². The number of imide groups is 3. The van der Waals surface area contributed by atoms with Crippen molar-refractivity contribution in [1.82, 2.24) is 30.7 Å². The van der Waals surface area contributed by atoms with E-state index in [1.165, 1.54) is 51.6 Å². The molecule has 27 heteroatoms. The Kier molecular flexibility index (Phi) is 24.1. The number of hydrogen-bond donors (Lipinski definition) is 3. The summed E-state index contributed by atoms with van der Waals surface area (Å²) in [7, 11) is 0. The summed E-state index contributed by atoms with van der Waals surface area (Å²) in [5, 5.41) is 13.9. The number of piperazine rings is 3. The van der Waals surface area contributed by atoms with Gasteiger partial charge in [0, 0.05) is 165 Å². The highest BCUT2D eigenvalue weighted by molar-refractivity contribution is 6.32. The van der Waals surface area contributed by atoms with Crippen molar-refractivity contribution in [3.63, 3.8) is 0 Å². The number of benzene rings is 12. The monoisotopic (exact) mass is 1790 g/mol. The average Bonchev–Trinajstić information content (AvgIpc) is 1.59. The van der Waals surface area contributed by atoms with Crippen LogP contribution in [0.15, 0.2) is 218 Å². The number of carbonyl (C=O) groups is 9. The molecular formula is C102H90Cl3F3N12O9. The zero-order valence-corrected chi connectivity index (χ0v) is 72.7. The summed E-state index contributed by atoms with van der Waals surface area (Å²) in [5.74, 6) is -3.62. The molecule has 12 aromatic carbocycles. The van der Waals surface area contributed by atoms with Gasteiger partial charge < -0.3 is 14.7 Å². The summed E-state index contributed by atoms with van der Waals surface area (Å²) in [4.78, 5) is 131. The lowest BCUT2D eigenvalue weighted by molar-refractivity contribution is -0.135. The van der Waals surface area contributed by atoms with Crippen LogP contribution in [0.5, 0.6) is 0 Å². The minimum absolute atomic E-state index is 0.198. The quantitative estimate of drug-likeness (QED) is 0.0681. The number of anilines is 6. The smallest absolute Gasteiger partial charge is 0.259 e. The predicted octanol–water partition coefficient (Wildman–Crippen LogP) is 15.9. The molecule has 654 valence electrons. The van der Waals surface area contributed by atoms with Crippen LogP contribution in [-0.4, -0.2) is 165 Å². The molecule has 0 aliphatic carbocycles. The van der Waals surface area contributed by atoms with Crippen LogP contribution < -0.4 is 45.3 Å². The first-order valence-electron chi connectivity index (χ1n) is 43.7. The van der Waals surface area contributed by atoms with E-state index in [2.05, 4.69) is 118 Å². The fourth-order valence-electron chi connectivity index (χ4n) is 19.8. The lowest BCUT2D eigenvalue weighted by atomic mass is 9.95. The summed E-state index contributed by atoms with van der Waals surface area (Å²) in [6.07, 6.45) is 3.72. The van der Waals surface area contributed by atoms with Crippen LogP contribution in [0.3, 0.4) is 0 Å². The maximum atomic E-state index is 14.4. The number of carbonyl (C=O) groups excluding carboxylic acids is 9. The maximum Gasteiger partial charge on any atom is 0.259 e. The molecule has 9 amide bonds. The molecule has 6 saturated heterocycles. The predicted molar refractivity (Wildman–Crippen MR) is 495 cm³/mol. The third kappa shape index (κ3) is 17.5. The first-order valence-corrected chi connectivity index (χ1v) is 44.9. The molecule has 6 fully saturated rings. The Labute approximate surface area is 757 Å². The van der Waals surface area contributed by atoms with E-state index >= 15 is 0 Å². The molecule has 21 rings (SSSR count). The van der Waals surface area contributed by atoms with Crippen LogP contribution >= 0.6 is 34.8 Å². The van der Waals surface area contributed by atoms with Crippen molar-refractivity contribution in [3.8, 4) is 0 Å². The molecule has 0 radical (unpaired) electrons. The van der Waals surface area contributed by atoms with Crippen LogP contribution in [0.2, 0.25) is 15.1 Å². The molecule has 21 nitrogen and oxygen atoms in total. The normalized spacial score (nSPS) is 18.9. The van der Waals surface area contributed by atoms with Gasteiger partial charge in [-0.05, 0) is 196 Å². The number of nitrogens with one attached hydrogen (secondary N) is 3. The SMILES string of the molecule is O=C1CCC(N2C(=O)c3cccc4c(Cc5ccc(CN6CCN(c7ccc(Cl)cc7F)CC6)cc5)ccc2c34)C(=O)N1.O=C1CC[C@@H](N2C(=O)c3cccc4c(Cc5ccc(CN6CCN(c7ccc(Cl)cc7F)CC6)cc5)ccc2c34)C(=O)N1.O=C1CC[C@H](N2C(=O)c3cccc4c(Cc5ccc(CN6CCN(c7ccc(Cl)cc7F)CC6)cc5)ccc2c34)C(=O)N1. The van der Waals surface area contributed by atoms with Crippen molar-refractivity contribution in [2.24, 2.45) is 0 Å². The van der Waals surface area contributed by atoms with E-state index in [0.29, 0.717) is 87.3 Å². The molecule has 129 heavy (non-hydrogen) atoms. The lowest BCUT2D eigenvalue weighted by Crippen LogP contribution is -2.53. The first-order chi connectivity index (χ1) is 62.6. The van der Waals surface area contributed by atoms with Gasteiger partial charge in [0.15, 0.2) is 0 Å². The Morgan fingerprint density at radius 2 is 0.535 bits per heavy atom. The largest absolute Gasteiger partial charge is 0.367 e. The third-order valence-electron chi connectivity index (χ3n) is 26.4. The van der Waals surface area contributed by atoms with Crippen molar-refractivity contribution in [3.05, 3.63) is 318 Å². The van der Waals surface area contributed by atoms with Gasteiger partial charge in [-0.3, -0.25) is 88.5 Å². The second-order valence-corrected chi connectivity index (χ2v) is 35.7. The fraction of sp³-hybridized carbons (Fsp3) is 0.265. The number of amides is 9. The van der Waals surface area contributed by atoms with Gasteiger partial charge in [0.05, 0.1) is 34.1 Å². The van der Waals surface area contributed by atoms with Gasteiger partial charge in [-0.2, -0.15) is 0 Å². The summed E-state index contributed by atoms with van der Waals surface area (Å²) < 4.78 is 43.1. The molecule has 9 aliphatic heterocycles. The average molecular weight is 1790 g/mol. The molecule has 0 bridgehead atoms. The number of halogens is 6. The van der Waals surface area contributed by atoms with E-state index in [1.54, 1.807) is 51.1 Å². The number of hydrogen-bond acceptors (Lipinski definition) is 15. The van der Waals surface area contributed by atoms with Crippen molar-refractivity contribution in [2.75, 3.05) is 108 Å². The van der Waals surface area contributed by atoms with Crippen molar-refractivity contribution >= 4 is 154 Å². The summed E-state index contributed by atoms with van der Waals surface area (Å²) in [6, 6.07) is 67.4. The van der Waals surface area contributed by atoms with Gasteiger partial charge in [0.1, 0.15) is 35.6 Å². The van der Waals surface area contributed by atoms with Gasteiger partial charge in [0.2, 0.25) is 35.4 Å². The highest BCUT2D eigenvalue weighted by Gasteiger charge is 2.45. The molecule has 1 unspecified atom stereocenters. The maximum absolute atomic E-state index is 14.4. The Bertz CT molecular complexity index is 5920. The number of rotatable bonds is 18. The number of nitrogens with zero attached hydrogens (tertiary/aromatic N) is 9. The molecule has 0 aromatic heterocycles. The Balaban J connectivity index is 0.000000126. The lowest BCUT2D eigenvalue weighted by Gasteiger charge is -2.36. The van der Waals surface area contributed by atoms with Crippen LogP contribution in [0, 0.1) is 17.5 Å². The van der Waals surface area contributed by atoms with Gasteiger partial charge >= 0.3 is 0 Å². The van der Waals surface area contributed by atoms with E-state index in [0.717, 1.165) is 164 Å². The second-order valence-electron chi connectivity index (χ2n) is 34.4. The topological polar surface area (TPSA) is 219 Å². The Hall–Kier alpha value is -12.8. The van der Waals surface area contributed by atoms with Crippen LogP contribution in [-0.2, 0) is 67.7 Å². The molecule has 3 N–H and O–H groups in total. The Morgan fingerprint density at radius 3 is 0.783 bits per heavy atom. The molecule has 0 spiro atoms. The molecule has 0 saturated carbocycles. The summed E-state index contributed by atoms with van der Waals surface area (Å²) in [5.41, 5.74) is 16.2.